The van der Waals surface area contributed by atoms with Crippen LogP contribution < -0.4 is 0 Å². The first-order chi connectivity index (χ1) is 18.6. The lowest BCUT2D eigenvalue weighted by atomic mass is 10.1. The number of carbonyl (C=O) groups is 3. The van der Waals surface area contributed by atoms with Gasteiger partial charge in [-0.1, -0.05) is 0 Å². The predicted octanol–water partition coefficient (Wildman–Crippen LogP) is 2.84. The van der Waals surface area contributed by atoms with E-state index in [4.69, 9.17) is 28.6 Å². The summed E-state index contributed by atoms with van der Waals surface area (Å²) in [5.41, 5.74) is 0. The largest absolute Gasteiger partial charge is 0.490 e. The Labute approximate surface area is 223 Å². The van der Waals surface area contributed by atoms with Crippen LogP contribution in [0.5, 0.6) is 0 Å². The minimum absolute atomic E-state index is 0.318. The molecule has 2 saturated heterocycles. The maximum absolute atomic E-state index is 11.7. The van der Waals surface area contributed by atoms with Crippen LogP contribution >= 0.6 is 0 Å². The van der Waals surface area contributed by atoms with Gasteiger partial charge in [-0.15, -0.1) is 0 Å². The van der Waals surface area contributed by atoms with Crippen molar-refractivity contribution in [1.82, 2.24) is 14.7 Å². The molecule has 2 aliphatic heterocycles. The second-order valence-corrected chi connectivity index (χ2v) is 8.88. The average molecular weight is 587 g/mol. The number of halogens is 6. The Balaban J connectivity index is 0.000000333. The Kier molecular flexibility index (Phi) is 11.6. The number of hydrogen-bond acceptors (Lipinski definition) is 8. The molecule has 0 aliphatic carbocycles. The number of fused-ring (bicyclic) bond motifs is 1. The molecular weight excluding hydrogens is 560 g/mol. The second-order valence-electron chi connectivity index (χ2n) is 8.88. The molecule has 17 heteroatoms. The van der Waals surface area contributed by atoms with Gasteiger partial charge in [-0.25, -0.2) is 9.59 Å². The van der Waals surface area contributed by atoms with Crippen LogP contribution in [-0.4, -0.2) is 106 Å². The minimum Gasteiger partial charge on any atom is -0.481 e. The van der Waals surface area contributed by atoms with Crippen molar-refractivity contribution in [2.45, 2.75) is 31.5 Å². The third-order valence-corrected chi connectivity index (χ3v) is 5.84. The summed E-state index contributed by atoms with van der Waals surface area (Å²) in [6, 6.07) is 8.06. The molecule has 40 heavy (non-hydrogen) atoms. The maximum atomic E-state index is 11.7. The van der Waals surface area contributed by atoms with E-state index in [0.29, 0.717) is 25.7 Å². The van der Waals surface area contributed by atoms with Gasteiger partial charge in [0.05, 0.1) is 31.5 Å². The molecule has 0 amide bonds. The first-order valence-electron chi connectivity index (χ1n) is 11.6. The van der Waals surface area contributed by atoms with Crippen molar-refractivity contribution in [2.24, 2.45) is 5.92 Å². The summed E-state index contributed by atoms with van der Waals surface area (Å²) in [6.07, 6.45) is -6.79. The Morgan fingerprint density at radius 3 is 1.60 bits per heavy atom. The lowest BCUT2D eigenvalue weighted by molar-refractivity contribution is -0.193. The lowest BCUT2D eigenvalue weighted by Gasteiger charge is -2.41. The number of alkyl halides is 6. The first kappa shape index (κ1) is 32.6. The van der Waals surface area contributed by atoms with E-state index in [1.165, 1.54) is 0 Å². The average Bonchev–Trinajstić information content (AvgIpc) is 3.50. The molecular formula is C23H27F6N3O8. The molecule has 0 spiro atoms. The first-order valence-corrected chi connectivity index (χ1v) is 11.6. The molecule has 2 unspecified atom stereocenters. The van der Waals surface area contributed by atoms with Gasteiger partial charge < -0.3 is 24.2 Å². The summed E-state index contributed by atoms with van der Waals surface area (Å²) in [5, 5.41) is 23.9. The van der Waals surface area contributed by atoms with Gasteiger partial charge in [0, 0.05) is 45.3 Å². The van der Waals surface area contributed by atoms with E-state index in [0.717, 1.165) is 44.2 Å². The van der Waals surface area contributed by atoms with Crippen molar-refractivity contribution in [2.75, 3.05) is 39.3 Å². The fraction of sp³-hybridized carbons (Fsp3) is 0.522. The highest BCUT2D eigenvalue weighted by Crippen LogP contribution is 2.22. The lowest BCUT2D eigenvalue weighted by Crippen LogP contribution is -2.55. The number of carboxylic acids is 3. The molecule has 0 radical (unpaired) electrons. The smallest absolute Gasteiger partial charge is 0.481 e. The van der Waals surface area contributed by atoms with E-state index in [-0.39, 0.29) is 5.92 Å². The number of carboxylic acid groups (broad SMARTS) is 3. The van der Waals surface area contributed by atoms with Crippen molar-refractivity contribution in [3.8, 4) is 0 Å². The zero-order chi connectivity index (χ0) is 30.1. The summed E-state index contributed by atoms with van der Waals surface area (Å²) in [5.74, 6) is -4.74. The van der Waals surface area contributed by atoms with Crippen LogP contribution in [-0.2, 0) is 27.5 Å². The number of hydrogen-bond donors (Lipinski definition) is 3. The molecule has 2 fully saturated rings. The summed E-state index contributed by atoms with van der Waals surface area (Å²) in [7, 11) is 0. The van der Waals surface area contributed by atoms with Crippen LogP contribution in [0.3, 0.4) is 0 Å². The number of aliphatic carboxylic acids is 3. The van der Waals surface area contributed by atoms with Crippen LogP contribution in [0, 0.1) is 5.92 Å². The van der Waals surface area contributed by atoms with Crippen LogP contribution in [0.25, 0.3) is 0 Å². The third-order valence-electron chi connectivity index (χ3n) is 5.84. The van der Waals surface area contributed by atoms with E-state index in [2.05, 4.69) is 14.7 Å². The summed E-state index contributed by atoms with van der Waals surface area (Å²) in [6.45, 7) is 6.22. The van der Waals surface area contributed by atoms with Crippen molar-refractivity contribution < 1.29 is 64.9 Å². The van der Waals surface area contributed by atoms with Gasteiger partial charge in [0.15, 0.2) is 0 Å². The number of rotatable bonds is 5. The SMILES string of the molecule is O=C(O)C(F)(F)F.O=C(O)C(F)(F)F.O=C(O)C1CN(Cc2ccco2)CC2CN(Cc3ccco3)CCN2C1. The van der Waals surface area contributed by atoms with Gasteiger partial charge in [-0.05, 0) is 24.3 Å². The molecule has 224 valence electrons. The molecule has 2 aromatic heterocycles. The third kappa shape index (κ3) is 10.9. The van der Waals surface area contributed by atoms with Crippen molar-refractivity contribution in [3.63, 3.8) is 0 Å². The molecule has 11 nitrogen and oxygen atoms in total. The molecule has 4 heterocycles. The minimum atomic E-state index is -5.08. The number of furan rings is 2. The normalized spacial score (nSPS) is 20.6. The molecule has 2 atom stereocenters. The van der Waals surface area contributed by atoms with Crippen LogP contribution in [0.1, 0.15) is 11.5 Å². The molecule has 0 saturated carbocycles. The molecule has 2 aliphatic rings. The monoisotopic (exact) mass is 587 g/mol. The van der Waals surface area contributed by atoms with Gasteiger partial charge in [0.25, 0.3) is 0 Å². The summed E-state index contributed by atoms with van der Waals surface area (Å²) in [4.78, 5) is 36.5. The van der Waals surface area contributed by atoms with Gasteiger partial charge in [-0.2, -0.15) is 26.3 Å². The zero-order valence-electron chi connectivity index (χ0n) is 20.8. The topological polar surface area (TPSA) is 148 Å². The molecule has 4 rings (SSSR count). The zero-order valence-corrected chi connectivity index (χ0v) is 20.8. The van der Waals surface area contributed by atoms with E-state index in [1.54, 1.807) is 12.5 Å². The second kappa shape index (κ2) is 14.2. The molecule has 3 N–H and O–H groups in total. The van der Waals surface area contributed by atoms with Gasteiger partial charge in [0.1, 0.15) is 11.5 Å². The van der Waals surface area contributed by atoms with Crippen molar-refractivity contribution in [1.29, 1.82) is 0 Å². The van der Waals surface area contributed by atoms with Gasteiger partial charge in [-0.3, -0.25) is 19.5 Å². The van der Waals surface area contributed by atoms with E-state index < -0.39 is 30.3 Å². The quantitative estimate of drug-likeness (QED) is 0.444. The number of nitrogens with zero attached hydrogens (tertiary/aromatic N) is 3. The molecule has 2 aromatic rings. The highest BCUT2D eigenvalue weighted by molar-refractivity contribution is 5.73. The van der Waals surface area contributed by atoms with E-state index in [9.17, 15) is 36.2 Å². The Bertz CT molecular complexity index is 1050. The van der Waals surface area contributed by atoms with Gasteiger partial charge >= 0.3 is 30.3 Å². The van der Waals surface area contributed by atoms with Crippen LogP contribution in [0.2, 0.25) is 0 Å². The Hall–Kier alpha value is -3.57. The van der Waals surface area contributed by atoms with Crippen LogP contribution in [0.15, 0.2) is 45.6 Å². The van der Waals surface area contributed by atoms with E-state index in [1.807, 2.05) is 24.3 Å². The summed E-state index contributed by atoms with van der Waals surface area (Å²) < 4.78 is 74.4. The fourth-order valence-electron chi connectivity index (χ4n) is 4.07. The standard InChI is InChI=1S/C19H25N3O4.2C2HF3O2/c23-19(24)15-9-21(14-18-4-2-8-26-18)12-16-11-20(5-6-22(16)10-15)13-17-3-1-7-25-17;2*3-2(4,5)1(6)7/h1-4,7-8,15-16H,5-6,9-14H2,(H,23,24);2*(H,6,7). The maximum Gasteiger partial charge on any atom is 0.490 e. The highest BCUT2D eigenvalue weighted by atomic mass is 19.4. The predicted molar refractivity (Wildman–Crippen MR) is 122 cm³/mol. The molecule has 0 bridgehead atoms. The van der Waals surface area contributed by atoms with Crippen molar-refractivity contribution in [3.05, 3.63) is 48.3 Å². The Morgan fingerprint density at radius 1 is 0.750 bits per heavy atom. The Morgan fingerprint density at radius 2 is 1.20 bits per heavy atom. The van der Waals surface area contributed by atoms with Crippen molar-refractivity contribution >= 4 is 17.9 Å². The van der Waals surface area contributed by atoms with Crippen LogP contribution in [0.4, 0.5) is 26.3 Å². The fourth-order valence-corrected chi connectivity index (χ4v) is 4.07. The number of piperazine rings is 1. The summed E-state index contributed by atoms with van der Waals surface area (Å²) >= 11 is 0. The highest BCUT2D eigenvalue weighted by Gasteiger charge is 2.39. The molecule has 0 aromatic carbocycles. The van der Waals surface area contributed by atoms with E-state index >= 15 is 0 Å². The van der Waals surface area contributed by atoms with Gasteiger partial charge in [0.2, 0.25) is 0 Å².